The van der Waals surface area contributed by atoms with E-state index in [-0.39, 0.29) is 5.91 Å². The molecule has 3 N–H and O–H groups in total. The van der Waals surface area contributed by atoms with Crippen molar-refractivity contribution >= 4 is 23.2 Å². The zero-order chi connectivity index (χ0) is 16.9. The minimum absolute atomic E-state index is 0.199. The molecule has 2 amide bonds. The van der Waals surface area contributed by atoms with Crippen LogP contribution in [-0.4, -0.2) is 24.9 Å². The summed E-state index contributed by atoms with van der Waals surface area (Å²) in [5.41, 5.74) is 7.97. The zero-order valence-electron chi connectivity index (χ0n) is 13.5. The Labute approximate surface area is 141 Å². The lowest BCUT2D eigenvalue weighted by Gasteiger charge is -2.30. The summed E-state index contributed by atoms with van der Waals surface area (Å²) in [7, 11) is 0. The van der Waals surface area contributed by atoms with Crippen LogP contribution in [0.1, 0.15) is 40.0 Å². The Morgan fingerprint density at radius 2 is 1.50 bits per heavy atom. The zero-order valence-corrected chi connectivity index (χ0v) is 13.5. The molecule has 2 aromatic carbocycles. The topological polar surface area (TPSA) is 75.4 Å². The van der Waals surface area contributed by atoms with Crippen LogP contribution in [0, 0.1) is 0 Å². The Bertz CT molecular complexity index is 735. The Morgan fingerprint density at radius 1 is 0.875 bits per heavy atom. The fourth-order valence-electron chi connectivity index (χ4n) is 2.97. The Hall–Kier alpha value is -2.82. The molecule has 0 aromatic heterocycles. The van der Waals surface area contributed by atoms with Gasteiger partial charge in [-0.25, -0.2) is 0 Å². The van der Waals surface area contributed by atoms with Crippen LogP contribution in [0.25, 0.3) is 0 Å². The smallest absolute Gasteiger partial charge is 0.255 e. The van der Waals surface area contributed by atoms with Gasteiger partial charge in [-0.15, -0.1) is 0 Å². The molecule has 0 unspecified atom stereocenters. The standard InChI is InChI=1S/C19H21N3O2/c20-18(23)14-8-10-15(11-9-14)19(24)21-16-6-2-3-7-17(16)22-12-4-1-5-13-22/h2-3,6-11H,1,4-5,12-13H2,(H2,20,23)(H,21,24). The number of primary amides is 1. The lowest BCUT2D eigenvalue weighted by Crippen LogP contribution is -2.30. The first-order valence-corrected chi connectivity index (χ1v) is 8.20. The second kappa shape index (κ2) is 7.17. The molecule has 2 aromatic rings. The van der Waals surface area contributed by atoms with Crippen LogP contribution < -0.4 is 16.0 Å². The van der Waals surface area contributed by atoms with E-state index in [1.807, 2.05) is 24.3 Å². The first-order valence-electron chi connectivity index (χ1n) is 8.20. The summed E-state index contributed by atoms with van der Waals surface area (Å²) in [5.74, 6) is -0.701. The van der Waals surface area contributed by atoms with Gasteiger partial charge in [-0.3, -0.25) is 9.59 Å². The van der Waals surface area contributed by atoms with Crippen molar-refractivity contribution in [2.24, 2.45) is 5.73 Å². The number of carbonyl (C=O) groups is 2. The highest BCUT2D eigenvalue weighted by Gasteiger charge is 2.16. The maximum absolute atomic E-state index is 12.5. The average Bonchev–Trinajstić information content (AvgIpc) is 2.63. The van der Waals surface area contributed by atoms with Gasteiger partial charge < -0.3 is 16.0 Å². The first kappa shape index (κ1) is 16.1. The van der Waals surface area contributed by atoms with Gasteiger partial charge in [-0.1, -0.05) is 12.1 Å². The Balaban J connectivity index is 1.77. The van der Waals surface area contributed by atoms with E-state index >= 15 is 0 Å². The highest BCUT2D eigenvalue weighted by Crippen LogP contribution is 2.28. The number of amides is 2. The van der Waals surface area contributed by atoms with Crippen molar-refractivity contribution in [3.8, 4) is 0 Å². The highest BCUT2D eigenvalue weighted by atomic mass is 16.2. The molecule has 1 aliphatic heterocycles. The normalized spacial score (nSPS) is 14.2. The molecule has 5 nitrogen and oxygen atoms in total. The van der Waals surface area contributed by atoms with Gasteiger partial charge in [-0.2, -0.15) is 0 Å². The molecule has 0 atom stereocenters. The summed E-state index contributed by atoms with van der Waals surface area (Å²) in [6.45, 7) is 2.03. The summed E-state index contributed by atoms with van der Waals surface area (Å²) in [5, 5.41) is 2.98. The minimum Gasteiger partial charge on any atom is -0.370 e. The van der Waals surface area contributed by atoms with Crippen molar-refractivity contribution in [3.63, 3.8) is 0 Å². The van der Waals surface area contributed by atoms with Gasteiger partial charge in [0.15, 0.2) is 0 Å². The average molecular weight is 323 g/mol. The van der Waals surface area contributed by atoms with Gasteiger partial charge in [0.25, 0.3) is 5.91 Å². The molecule has 5 heteroatoms. The molecule has 24 heavy (non-hydrogen) atoms. The molecule has 0 bridgehead atoms. The molecule has 124 valence electrons. The molecular formula is C19H21N3O2. The molecular weight excluding hydrogens is 302 g/mol. The van der Waals surface area contributed by atoms with E-state index in [1.165, 1.54) is 19.3 Å². The Kier molecular flexibility index (Phi) is 4.79. The number of para-hydroxylation sites is 2. The molecule has 1 heterocycles. The predicted octanol–water partition coefficient (Wildman–Crippen LogP) is 3.03. The van der Waals surface area contributed by atoms with Crippen LogP contribution >= 0.6 is 0 Å². The van der Waals surface area contributed by atoms with E-state index in [9.17, 15) is 9.59 Å². The lowest BCUT2D eigenvalue weighted by molar-refractivity contribution is 0.0995. The van der Waals surface area contributed by atoms with E-state index in [0.29, 0.717) is 11.1 Å². The van der Waals surface area contributed by atoms with Crippen molar-refractivity contribution < 1.29 is 9.59 Å². The highest BCUT2D eigenvalue weighted by molar-refractivity contribution is 6.06. The molecule has 1 aliphatic rings. The van der Waals surface area contributed by atoms with Crippen LogP contribution in [0.15, 0.2) is 48.5 Å². The number of anilines is 2. The number of nitrogens with two attached hydrogens (primary N) is 1. The monoisotopic (exact) mass is 323 g/mol. The summed E-state index contributed by atoms with van der Waals surface area (Å²) < 4.78 is 0. The van der Waals surface area contributed by atoms with E-state index in [4.69, 9.17) is 5.73 Å². The van der Waals surface area contributed by atoms with E-state index in [0.717, 1.165) is 24.5 Å². The number of benzene rings is 2. The fraction of sp³-hybridized carbons (Fsp3) is 0.263. The summed E-state index contributed by atoms with van der Waals surface area (Å²) >= 11 is 0. The van der Waals surface area contributed by atoms with E-state index < -0.39 is 5.91 Å². The van der Waals surface area contributed by atoms with Crippen molar-refractivity contribution in [2.45, 2.75) is 19.3 Å². The summed E-state index contributed by atoms with van der Waals surface area (Å²) in [4.78, 5) is 25.9. The quantitative estimate of drug-likeness (QED) is 0.908. The third-order valence-corrected chi connectivity index (χ3v) is 4.28. The SMILES string of the molecule is NC(=O)c1ccc(C(=O)Nc2ccccc2N2CCCCC2)cc1. The lowest BCUT2D eigenvalue weighted by atomic mass is 10.1. The van der Waals surface area contributed by atoms with Crippen LogP contribution in [-0.2, 0) is 0 Å². The van der Waals surface area contributed by atoms with Crippen LogP contribution in [0.4, 0.5) is 11.4 Å². The van der Waals surface area contributed by atoms with Crippen molar-refractivity contribution in [1.29, 1.82) is 0 Å². The first-order chi connectivity index (χ1) is 11.6. The third kappa shape index (κ3) is 3.56. The fourth-order valence-corrected chi connectivity index (χ4v) is 2.97. The maximum Gasteiger partial charge on any atom is 0.255 e. The number of nitrogens with one attached hydrogen (secondary N) is 1. The van der Waals surface area contributed by atoms with Gasteiger partial charge in [0, 0.05) is 24.2 Å². The molecule has 1 saturated heterocycles. The van der Waals surface area contributed by atoms with Crippen LogP contribution in [0.2, 0.25) is 0 Å². The molecule has 3 rings (SSSR count). The molecule has 0 spiro atoms. The largest absolute Gasteiger partial charge is 0.370 e. The van der Waals surface area contributed by atoms with Crippen molar-refractivity contribution in [3.05, 3.63) is 59.7 Å². The number of piperidine rings is 1. The van der Waals surface area contributed by atoms with Crippen LogP contribution in [0.5, 0.6) is 0 Å². The predicted molar refractivity (Wildman–Crippen MR) is 95.4 cm³/mol. The maximum atomic E-state index is 12.5. The third-order valence-electron chi connectivity index (χ3n) is 4.28. The van der Waals surface area contributed by atoms with E-state index in [2.05, 4.69) is 10.2 Å². The van der Waals surface area contributed by atoms with Crippen molar-refractivity contribution in [1.82, 2.24) is 0 Å². The van der Waals surface area contributed by atoms with Gasteiger partial charge >= 0.3 is 0 Å². The van der Waals surface area contributed by atoms with Gasteiger partial charge in [0.2, 0.25) is 5.91 Å². The number of hydrogen-bond acceptors (Lipinski definition) is 3. The second-order valence-corrected chi connectivity index (χ2v) is 5.96. The number of carbonyl (C=O) groups excluding carboxylic acids is 2. The minimum atomic E-state index is -0.502. The molecule has 0 aliphatic carbocycles. The van der Waals surface area contributed by atoms with Crippen molar-refractivity contribution in [2.75, 3.05) is 23.3 Å². The second-order valence-electron chi connectivity index (χ2n) is 5.96. The van der Waals surface area contributed by atoms with Gasteiger partial charge in [0.05, 0.1) is 11.4 Å². The molecule has 0 saturated carbocycles. The van der Waals surface area contributed by atoms with Gasteiger partial charge in [0.1, 0.15) is 0 Å². The summed E-state index contributed by atoms with van der Waals surface area (Å²) in [6, 6.07) is 14.2. The van der Waals surface area contributed by atoms with Gasteiger partial charge in [-0.05, 0) is 55.7 Å². The van der Waals surface area contributed by atoms with Crippen LogP contribution in [0.3, 0.4) is 0 Å². The number of nitrogens with zero attached hydrogens (tertiary/aromatic N) is 1. The number of hydrogen-bond donors (Lipinski definition) is 2. The number of rotatable bonds is 4. The summed E-state index contributed by atoms with van der Waals surface area (Å²) in [6.07, 6.45) is 3.62. The Morgan fingerprint density at radius 3 is 2.17 bits per heavy atom. The van der Waals surface area contributed by atoms with E-state index in [1.54, 1.807) is 24.3 Å². The molecule has 0 radical (unpaired) electrons. The molecule has 1 fully saturated rings.